The topological polar surface area (TPSA) is 32.3 Å². The van der Waals surface area contributed by atoms with E-state index in [4.69, 9.17) is 0 Å². The number of phenolic OH excluding ortho intramolecular Hbond substituents is 1. The number of rotatable bonds is 2. The number of phenols is 1. The molecule has 0 unspecified atom stereocenters. The van der Waals surface area contributed by atoms with Crippen LogP contribution < -0.4 is 5.32 Å². The molecule has 0 aliphatic heterocycles. The zero-order chi connectivity index (χ0) is 9.97. The molecular weight excluding hydrogens is 174 g/mol. The number of hydrogen-bond acceptors (Lipinski definition) is 2. The predicted molar refractivity (Wildman–Crippen MR) is 57.6 cm³/mol. The fourth-order valence-corrected chi connectivity index (χ4v) is 2.25. The van der Waals surface area contributed by atoms with Crippen molar-refractivity contribution in [2.75, 3.05) is 6.54 Å². The first-order chi connectivity index (χ1) is 6.81. The van der Waals surface area contributed by atoms with Gasteiger partial charge in [0.1, 0.15) is 5.75 Å². The standard InChI is InChI=1S/C12H17NO/c1-2-13-10-6-7-11-9(8-10)4-3-5-12(11)14/h3-5,10,13-14H,2,6-8H2,1H3/t10-/m0/s1. The molecule has 0 fully saturated rings. The molecule has 1 atom stereocenters. The van der Waals surface area contributed by atoms with E-state index in [1.54, 1.807) is 6.07 Å². The van der Waals surface area contributed by atoms with Crippen LogP contribution in [0.2, 0.25) is 0 Å². The molecule has 2 rings (SSSR count). The van der Waals surface area contributed by atoms with Crippen LogP contribution in [0, 0.1) is 0 Å². The quantitative estimate of drug-likeness (QED) is 0.748. The molecule has 14 heavy (non-hydrogen) atoms. The van der Waals surface area contributed by atoms with Gasteiger partial charge in [0.25, 0.3) is 0 Å². The van der Waals surface area contributed by atoms with Gasteiger partial charge in [-0.25, -0.2) is 0 Å². The lowest BCUT2D eigenvalue weighted by atomic mass is 9.88. The van der Waals surface area contributed by atoms with Gasteiger partial charge in [0.2, 0.25) is 0 Å². The summed E-state index contributed by atoms with van der Waals surface area (Å²) >= 11 is 0. The second kappa shape index (κ2) is 4.01. The molecule has 2 nitrogen and oxygen atoms in total. The second-order valence-electron chi connectivity index (χ2n) is 3.91. The number of aromatic hydroxyl groups is 1. The molecular formula is C12H17NO. The van der Waals surface area contributed by atoms with Gasteiger partial charge >= 0.3 is 0 Å². The van der Waals surface area contributed by atoms with Crippen molar-refractivity contribution in [3.05, 3.63) is 29.3 Å². The summed E-state index contributed by atoms with van der Waals surface area (Å²) in [4.78, 5) is 0. The molecule has 0 spiro atoms. The summed E-state index contributed by atoms with van der Waals surface area (Å²) < 4.78 is 0. The van der Waals surface area contributed by atoms with Crippen molar-refractivity contribution in [3.8, 4) is 5.75 Å². The lowest BCUT2D eigenvalue weighted by Crippen LogP contribution is -2.34. The summed E-state index contributed by atoms with van der Waals surface area (Å²) in [6.07, 6.45) is 3.19. The normalized spacial score (nSPS) is 20.5. The van der Waals surface area contributed by atoms with Gasteiger partial charge in [-0.3, -0.25) is 0 Å². The highest BCUT2D eigenvalue weighted by Crippen LogP contribution is 2.28. The van der Waals surface area contributed by atoms with Crippen molar-refractivity contribution in [2.45, 2.75) is 32.2 Å². The van der Waals surface area contributed by atoms with Crippen molar-refractivity contribution in [2.24, 2.45) is 0 Å². The molecule has 1 aliphatic carbocycles. The van der Waals surface area contributed by atoms with Crippen molar-refractivity contribution in [1.29, 1.82) is 0 Å². The Morgan fingerprint density at radius 1 is 1.50 bits per heavy atom. The van der Waals surface area contributed by atoms with Crippen LogP contribution in [0.3, 0.4) is 0 Å². The predicted octanol–water partition coefficient (Wildman–Crippen LogP) is 1.86. The van der Waals surface area contributed by atoms with Crippen LogP contribution in [-0.4, -0.2) is 17.7 Å². The SMILES string of the molecule is CCN[C@H]1CCc2c(O)cccc2C1. The van der Waals surface area contributed by atoms with Gasteiger partial charge in [0.05, 0.1) is 0 Å². The summed E-state index contributed by atoms with van der Waals surface area (Å²) in [7, 11) is 0. The summed E-state index contributed by atoms with van der Waals surface area (Å²) in [5.41, 5.74) is 2.46. The minimum absolute atomic E-state index is 0.470. The van der Waals surface area contributed by atoms with Gasteiger partial charge < -0.3 is 10.4 Å². The van der Waals surface area contributed by atoms with E-state index >= 15 is 0 Å². The first kappa shape index (κ1) is 9.53. The summed E-state index contributed by atoms with van der Waals surface area (Å²) in [6, 6.07) is 6.43. The Kier molecular flexibility index (Phi) is 2.73. The van der Waals surface area contributed by atoms with Crippen molar-refractivity contribution < 1.29 is 5.11 Å². The number of fused-ring (bicyclic) bond motifs is 1. The van der Waals surface area contributed by atoms with Crippen LogP contribution in [-0.2, 0) is 12.8 Å². The molecule has 0 bridgehead atoms. The van der Waals surface area contributed by atoms with Gasteiger partial charge in [0.15, 0.2) is 0 Å². The van der Waals surface area contributed by atoms with E-state index in [-0.39, 0.29) is 0 Å². The van der Waals surface area contributed by atoms with Gasteiger partial charge in [-0.1, -0.05) is 19.1 Å². The Labute approximate surface area is 85.0 Å². The van der Waals surface area contributed by atoms with Crippen molar-refractivity contribution in [3.63, 3.8) is 0 Å². The fourth-order valence-electron chi connectivity index (χ4n) is 2.25. The molecule has 2 heteroatoms. The van der Waals surface area contributed by atoms with E-state index in [0.29, 0.717) is 11.8 Å². The molecule has 0 saturated carbocycles. The maximum Gasteiger partial charge on any atom is 0.119 e. The first-order valence-electron chi connectivity index (χ1n) is 5.34. The van der Waals surface area contributed by atoms with Gasteiger partial charge in [0, 0.05) is 6.04 Å². The first-order valence-corrected chi connectivity index (χ1v) is 5.34. The average Bonchev–Trinajstić information content (AvgIpc) is 2.18. The van der Waals surface area contributed by atoms with E-state index in [1.165, 1.54) is 5.56 Å². The Morgan fingerprint density at radius 2 is 2.36 bits per heavy atom. The lowest BCUT2D eigenvalue weighted by molar-refractivity contribution is 0.437. The minimum atomic E-state index is 0.470. The van der Waals surface area contributed by atoms with Crippen LogP contribution in [0.15, 0.2) is 18.2 Å². The molecule has 1 aliphatic rings. The molecule has 1 aromatic carbocycles. The highest BCUT2D eigenvalue weighted by atomic mass is 16.3. The van der Waals surface area contributed by atoms with Crippen LogP contribution in [0.4, 0.5) is 0 Å². The maximum absolute atomic E-state index is 9.65. The molecule has 0 amide bonds. The minimum Gasteiger partial charge on any atom is -0.508 e. The van der Waals surface area contributed by atoms with E-state index in [0.717, 1.165) is 31.4 Å². The van der Waals surface area contributed by atoms with Crippen LogP contribution in [0.1, 0.15) is 24.5 Å². The molecule has 76 valence electrons. The Morgan fingerprint density at radius 3 is 3.14 bits per heavy atom. The van der Waals surface area contributed by atoms with Gasteiger partial charge in [-0.15, -0.1) is 0 Å². The van der Waals surface area contributed by atoms with Gasteiger partial charge in [-0.05, 0) is 43.0 Å². The summed E-state index contributed by atoms with van der Waals surface area (Å²) in [5.74, 6) is 0.470. The summed E-state index contributed by atoms with van der Waals surface area (Å²) in [6.45, 7) is 3.16. The van der Waals surface area contributed by atoms with Crippen LogP contribution >= 0.6 is 0 Å². The third-order valence-corrected chi connectivity index (χ3v) is 2.95. The zero-order valence-corrected chi connectivity index (χ0v) is 8.59. The third kappa shape index (κ3) is 1.75. The number of likely N-dealkylation sites (N-methyl/N-ethyl adjacent to an activating group) is 1. The smallest absolute Gasteiger partial charge is 0.119 e. The van der Waals surface area contributed by atoms with E-state index < -0.39 is 0 Å². The van der Waals surface area contributed by atoms with Crippen LogP contribution in [0.5, 0.6) is 5.75 Å². The van der Waals surface area contributed by atoms with E-state index in [2.05, 4.69) is 18.3 Å². The monoisotopic (exact) mass is 191 g/mol. The highest BCUT2D eigenvalue weighted by molar-refractivity contribution is 5.41. The van der Waals surface area contributed by atoms with Crippen molar-refractivity contribution in [1.82, 2.24) is 5.32 Å². The van der Waals surface area contributed by atoms with E-state index in [9.17, 15) is 5.11 Å². The number of hydrogen-bond donors (Lipinski definition) is 2. The molecule has 0 saturated heterocycles. The lowest BCUT2D eigenvalue weighted by Gasteiger charge is -2.25. The Hall–Kier alpha value is -1.02. The number of nitrogens with one attached hydrogen (secondary N) is 1. The van der Waals surface area contributed by atoms with E-state index in [1.807, 2.05) is 6.07 Å². The molecule has 0 heterocycles. The average molecular weight is 191 g/mol. The Bertz CT molecular complexity index is 322. The molecule has 0 radical (unpaired) electrons. The van der Waals surface area contributed by atoms with Crippen LogP contribution in [0.25, 0.3) is 0 Å². The van der Waals surface area contributed by atoms with Gasteiger partial charge in [-0.2, -0.15) is 0 Å². The number of benzene rings is 1. The largest absolute Gasteiger partial charge is 0.508 e. The fraction of sp³-hybridized carbons (Fsp3) is 0.500. The molecule has 1 aromatic rings. The zero-order valence-electron chi connectivity index (χ0n) is 8.59. The Balaban J connectivity index is 2.18. The summed E-state index contributed by atoms with van der Waals surface area (Å²) in [5, 5.41) is 13.1. The molecule has 0 aromatic heterocycles. The maximum atomic E-state index is 9.65. The van der Waals surface area contributed by atoms with Crippen molar-refractivity contribution >= 4 is 0 Å². The second-order valence-corrected chi connectivity index (χ2v) is 3.91. The highest BCUT2D eigenvalue weighted by Gasteiger charge is 2.19. The third-order valence-electron chi connectivity index (χ3n) is 2.95. The molecule has 2 N–H and O–H groups in total.